The molecule has 1 aliphatic heterocycles. The maximum Gasteiger partial charge on any atom is 0.280 e. The lowest BCUT2D eigenvalue weighted by molar-refractivity contribution is 0.0768. The lowest BCUT2D eigenvalue weighted by Gasteiger charge is -2.15. The summed E-state index contributed by atoms with van der Waals surface area (Å²) in [6, 6.07) is 18.1. The Morgan fingerprint density at radius 1 is 1.06 bits per heavy atom. The summed E-state index contributed by atoms with van der Waals surface area (Å²) in [5, 5.41) is 4.56. The highest BCUT2D eigenvalue weighted by molar-refractivity contribution is 6.00. The van der Waals surface area contributed by atoms with E-state index in [9.17, 15) is 14.4 Å². The van der Waals surface area contributed by atoms with Gasteiger partial charge in [0.15, 0.2) is 5.78 Å². The first-order valence-corrected chi connectivity index (χ1v) is 11.7. The first-order chi connectivity index (χ1) is 17.0. The van der Waals surface area contributed by atoms with Crippen LogP contribution in [0, 0.1) is 0 Å². The molecular weight excluding hydrogens is 444 g/mol. The number of amides is 1. The van der Waals surface area contributed by atoms with E-state index in [2.05, 4.69) is 12.0 Å². The molecule has 0 aliphatic carbocycles. The molecule has 0 saturated heterocycles. The average Bonchev–Trinajstić information content (AvgIpc) is 3.48. The number of nitrogens with zero attached hydrogens (tertiary/aromatic N) is 4. The molecule has 1 amide bonds. The SMILES string of the molecule is CCCCN1Cc2c(n(CC(=O)c3ccc(OC)cc3)c3cc(-c4ccccc4)nn3c2=O)C1=O. The van der Waals surface area contributed by atoms with Gasteiger partial charge in [-0.05, 0) is 30.7 Å². The molecule has 3 heterocycles. The van der Waals surface area contributed by atoms with E-state index in [0.29, 0.717) is 34.8 Å². The summed E-state index contributed by atoms with van der Waals surface area (Å²) < 4.78 is 8.16. The average molecular weight is 471 g/mol. The van der Waals surface area contributed by atoms with E-state index in [1.165, 1.54) is 4.52 Å². The Labute approximate surface area is 202 Å². The normalized spacial score (nSPS) is 12.9. The summed E-state index contributed by atoms with van der Waals surface area (Å²) in [5.74, 6) is 0.249. The Morgan fingerprint density at radius 2 is 1.80 bits per heavy atom. The highest BCUT2D eigenvalue weighted by Crippen LogP contribution is 2.26. The second kappa shape index (κ2) is 9.21. The van der Waals surface area contributed by atoms with Crippen LogP contribution in [0.15, 0.2) is 65.5 Å². The Bertz CT molecular complexity index is 1470. The number of ether oxygens (including phenoxy) is 1. The van der Waals surface area contributed by atoms with E-state index >= 15 is 0 Å². The Balaban J connectivity index is 1.65. The summed E-state index contributed by atoms with van der Waals surface area (Å²) in [6.45, 7) is 2.75. The van der Waals surface area contributed by atoms with Crippen LogP contribution in [-0.2, 0) is 13.1 Å². The van der Waals surface area contributed by atoms with Crippen molar-refractivity contribution in [2.45, 2.75) is 32.9 Å². The number of hydrogen-bond donors (Lipinski definition) is 0. The van der Waals surface area contributed by atoms with E-state index in [-0.39, 0.29) is 36.0 Å². The Morgan fingerprint density at radius 3 is 2.49 bits per heavy atom. The van der Waals surface area contributed by atoms with Crippen molar-refractivity contribution in [3.05, 3.63) is 87.8 Å². The third kappa shape index (κ3) is 4.01. The molecule has 8 nitrogen and oxygen atoms in total. The van der Waals surface area contributed by atoms with Gasteiger partial charge < -0.3 is 14.2 Å². The first kappa shape index (κ1) is 22.6. The van der Waals surface area contributed by atoms with Crippen LogP contribution in [-0.4, -0.2) is 44.4 Å². The fourth-order valence-corrected chi connectivity index (χ4v) is 4.47. The van der Waals surface area contributed by atoms with Crippen molar-refractivity contribution in [2.24, 2.45) is 0 Å². The quantitative estimate of drug-likeness (QED) is 0.366. The van der Waals surface area contributed by atoms with Gasteiger partial charge in [0, 0.05) is 23.7 Å². The molecule has 0 saturated carbocycles. The summed E-state index contributed by atoms with van der Waals surface area (Å²) in [4.78, 5) is 41.8. The van der Waals surface area contributed by atoms with Crippen LogP contribution < -0.4 is 10.3 Å². The van der Waals surface area contributed by atoms with E-state index in [1.807, 2.05) is 30.3 Å². The van der Waals surface area contributed by atoms with Gasteiger partial charge in [0.25, 0.3) is 11.5 Å². The fraction of sp³-hybridized carbons (Fsp3) is 0.259. The molecule has 35 heavy (non-hydrogen) atoms. The van der Waals surface area contributed by atoms with E-state index in [4.69, 9.17) is 4.74 Å². The minimum atomic E-state index is -0.322. The van der Waals surface area contributed by atoms with Gasteiger partial charge >= 0.3 is 0 Å². The third-order valence-corrected chi connectivity index (χ3v) is 6.38. The van der Waals surface area contributed by atoms with Gasteiger partial charge in [0.05, 0.1) is 31.5 Å². The molecule has 0 fully saturated rings. The van der Waals surface area contributed by atoms with Crippen LogP contribution >= 0.6 is 0 Å². The third-order valence-electron chi connectivity index (χ3n) is 6.38. The van der Waals surface area contributed by atoms with Crippen LogP contribution in [0.4, 0.5) is 0 Å². The standard InChI is InChI=1S/C27H26N4O4/c1-3-4-14-29-16-21-25(27(29)34)30(17-23(32)19-10-12-20(35-2)13-11-19)24-15-22(28-31(24)26(21)33)18-8-6-5-7-9-18/h5-13,15H,3-4,14,16-17H2,1-2H3. The summed E-state index contributed by atoms with van der Waals surface area (Å²) in [6.07, 6.45) is 1.78. The molecule has 0 bridgehead atoms. The number of Topliss-reactive ketones (excluding diaryl/α,β-unsaturated/α-hetero) is 1. The summed E-state index contributed by atoms with van der Waals surface area (Å²) >= 11 is 0. The van der Waals surface area contributed by atoms with E-state index < -0.39 is 0 Å². The minimum Gasteiger partial charge on any atom is -0.497 e. The molecule has 0 radical (unpaired) electrons. The Kier molecular flexibility index (Phi) is 5.94. The molecule has 2 aromatic carbocycles. The van der Waals surface area contributed by atoms with E-state index in [1.54, 1.807) is 46.9 Å². The van der Waals surface area contributed by atoms with Crippen molar-refractivity contribution in [3.63, 3.8) is 0 Å². The largest absolute Gasteiger partial charge is 0.497 e. The maximum absolute atomic E-state index is 13.4. The number of hydrogen-bond acceptors (Lipinski definition) is 5. The second-order valence-corrected chi connectivity index (χ2v) is 8.62. The molecule has 8 heteroatoms. The Hall–Kier alpha value is -4.20. The molecular formula is C27H26N4O4. The van der Waals surface area contributed by atoms with Crippen molar-refractivity contribution in [1.82, 2.24) is 19.1 Å². The van der Waals surface area contributed by atoms with Gasteiger partial charge in [-0.3, -0.25) is 14.4 Å². The molecule has 0 spiro atoms. The van der Waals surface area contributed by atoms with E-state index in [0.717, 1.165) is 18.4 Å². The lowest BCUT2D eigenvalue weighted by atomic mass is 10.1. The molecule has 0 unspecified atom stereocenters. The van der Waals surface area contributed by atoms with Gasteiger partial charge in [-0.1, -0.05) is 43.7 Å². The number of ketones is 1. The van der Waals surface area contributed by atoms with Crippen molar-refractivity contribution in [2.75, 3.05) is 13.7 Å². The van der Waals surface area contributed by atoms with Gasteiger partial charge in [0.1, 0.15) is 17.1 Å². The number of benzene rings is 2. The summed E-state index contributed by atoms with van der Waals surface area (Å²) in [7, 11) is 1.57. The highest BCUT2D eigenvalue weighted by Gasteiger charge is 2.35. The number of rotatable bonds is 8. The zero-order valence-electron chi connectivity index (χ0n) is 19.7. The summed E-state index contributed by atoms with van der Waals surface area (Å²) in [5.41, 5.74) is 2.70. The lowest BCUT2D eigenvalue weighted by Crippen LogP contribution is -2.28. The van der Waals surface area contributed by atoms with Crippen molar-refractivity contribution >= 4 is 17.3 Å². The molecule has 4 aromatic rings. The maximum atomic E-state index is 13.4. The number of fused-ring (bicyclic) bond motifs is 2. The van der Waals surface area contributed by atoms with Crippen LogP contribution in [0.1, 0.15) is 46.2 Å². The molecule has 5 rings (SSSR count). The fourth-order valence-electron chi connectivity index (χ4n) is 4.47. The predicted molar refractivity (Wildman–Crippen MR) is 132 cm³/mol. The van der Waals surface area contributed by atoms with Crippen molar-refractivity contribution < 1.29 is 14.3 Å². The number of aromatic nitrogens is 3. The number of carbonyl (C=O) groups is 2. The monoisotopic (exact) mass is 470 g/mol. The zero-order chi connectivity index (χ0) is 24.5. The van der Waals surface area contributed by atoms with Crippen LogP contribution in [0.25, 0.3) is 16.9 Å². The van der Waals surface area contributed by atoms with Crippen LogP contribution in [0.5, 0.6) is 5.75 Å². The number of methoxy groups -OCH3 is 1. The van der Waals surface area contributed by atoms with Crippen LogP contribution in [0.3, 0.4) is 0 Å². The van der Waals surface area contributed by atoms with Gasteiger partial charge in [0.2, 0.25) is 0 Å². The van der Waals surface area contributed by atoms with Crippen molar-refractivity contribution in [1.29, 1.82) is 0 Å². The second-order valence-electron chi connectivity index (χ2n) is 8.62. The zero-order valence-corrected chi connectivity index (χ0v) is 19.7. The minimum absolute atomic E-state index is 0.0915. The van der Waals surface area contributed by atoms with Gasteiger partial charge in [-0.15, -0.1) is 0 Å². The number of carbonyl (C=O) groups excluding carboxylic acids is 2. The highest BCUT2D eigenvalue weighted by atomic mass is 16.5. The predicted octanol–water partition coefficient (Wildman–Crippen LogP) is 3.81. The topological polar surface area (TPSA) is 85.9 Å². The number of unbranched alkanes of at least 4 members (excludes halogenated alkanes) is 1. The van der Waals surface area contributed by atoms with Crippen molar-refractivity contribution in [3.8, 4) is 17.0 Å². The molecule has 0 N–H and O–H groups in total. The molecule has 2 aromatic heterocycles. The van der Waals surface area contributed by atoms with Crippen LogP contribution in [0.2, 0.25) is 0 Å². The molecule has 0 atom stereocenters. The smallest absolute Gasteiger partial charge is 0.280 e. The molecule has 178 valence electrons. The molecule has 1 aliphatic rings. The van der Waals surface area contributed by atoms with Gasteiger partial charge in [-0.2, -0.15) is 9.61 Å². The van der Waals surface area contributed by atoms with Gasteiger partial charge in [-0.25, -0.2) is 0 Å². The first-order valence-electron chi connectivity index (χ1n) is 11.7.